The van der Waals surface area contributed by atoms with Gasteiger partial charge in [0.1, 0.15) is 5.82 Å². The number of aryl methyl sites for hydroxylation is 1. The summed E-state index contributed by atoms with van der Waals surface area (Å²) in [5, 5.41) is 7.51. The van der Waals surface area contributed by atoms with E-state index >= 15 is 0 Å². The number of anilines is 1. The molecule has 0 aliphatic carbocycles. The third-order valence-electron chi connectivity index (χ3n) is 2.97. The quantitative estimate of drug-likeness (QED) is 0.919. The first-order valence-electron chi connectivity index (χ1n) is 6.63. The van der Waals surface area contributed by atoms with E-state index in [9.17, 15) is 4.79 Å². The molecule has 112 valence electrons. The van der Waals surface area contributed by atoms with Gasteiger partial charge in [0.2, 0.25) is 0 Å². The molecule has 0 radical (unpaired) electrons. The Morgan fingerprint density at radius 2 is 2.24 bits per heavy atom. The van der Waals surface area contributed by atoms with Crippen LogP contribution in [0.25, 0.3) is 0 Å². The topological polar surface area (TPSA) is 63.1 Å². The van der Waals surface area contributed by atoms with Crippen LogP contribution in [0.3, 0.4) is 0 Å². The molecule has 2 aromatic rings. The van der Waals surface area contributed by atoms with Gasteiger partial charge in [-0.2, -0.15) is 5.10 Å². The molecule has 0 fully saturated rings. The second-order valence-electron chi connectivity index (χ2n) is 4.76. The number of amides is 1. The molecule has 1 amide bonds. The number of rotatable bonds is 5. The predicted molar refractivity (Wildman–Crippen MR) is 82.4 cm³/mol. The highest BCUT2D eigenvalue weighted by molar-refractivity contribution is 6.33. The molecule has 21 heavy (non-hydrogen) atoms. The Morgan fingerprint density at radius 1 is 1.48 bits per heavy atom. The molecule has 6 nitrogen and oxygen atoms in total. The maximum absolute atomic E-state index is 12.5. The van der Waals surface area contributed by atoms with Gasteiger partial charge < -0.3 is 10.2 Å². The van der Waals surface area contributed by atoms with Crippen molar-refractivity contribution in [1.29, 1.82) is 0 Å². The minimum absolute atomic E-state index is 0.148. The lowest BCUT2D eigenvalue weighted by molar-refractivity contribution is 0.0785. The molecule has 0 aliphatic heterocycles. The van der Waals surface area contributed by atoms with E-state index in [2.05, 4.69) is 15.4 Å². The predicted octanol–water partition coefficient (Wildman–Crippen LogP) is 2.17. The number of pyridine rings is 1. The van der Waals surface area contributed by atoms with Gasteiger partial charge >= 0.3 is 0 Å². The molecule has 2 aromatic heterocycles. The van der Waals surface area contributed by atoms with Crippen LogP contribution in [-0.2, 0) is 13.6 Å². The second kappa shape index (κ2) is 6.58. The zero-order valence-electron chi connectivity index (χ0n) is 12.3. The summed E-state index contributed by atoms with van der Waals surface area (Å²) in [6.45, 7) is 3.17. The van der Waals surface area contributed by atoms with Gasteiger partial charge in [-0.05, 0) is 13.0 Å². The van der Waals surface area contributed by atoms with Crippen LogP contribution in [0, 0.1) is 0 Å². The number of nitrogens with one attached hydrogen (secondary N) is 1. The highest BCUT2D eigenvalue weighted by Gasteiger charge is 2.17. The van der Waals surface area contributed by atoms with Crippen molar-refractivity contribution in [2.75, 3.05) is 18.9 Å². The van der Waals surface area contributed by atoms with Crippen LogP contribution in [0.5, 0.6) is 0 Å². The van der Waals surface area contributed by atoms with E-state index in [4.69, 9.17) is 11.6 Å². The van der Waals surface area contributed by atoms with Crippen molar-refractivity contribution in [3.63, 3.8) is 0 Å². The molecule has 1 N–H and O–H groups in total. The van der Waals surface area contributed by atoms with Gasteiger partial charge in [0.05, 0.1) is 16.8 Å². The fraction of sp³-hybridized carbons (Fsp3) is 0.357. The lowest BCUT2D eigenvalue weighted by atomic mass is 10.2. The Morgan fingerprint density at radius 3 is 2.86 bits per heavy atom. The van der Waals surface area contributed by atoms with E-state index in [1.165, 1.54) is 6.20 Å². The summed E-state index contributed by atoms with van der Waals surface area (Å²) < 4.78 is 1.70. The molecular weight excluding hydrogens is 290 g/mol. The van der Waals surface area contributed by atoms with Gasteiger partial charge in [0, 0.05) is 45.1 Å². The van der Waals surface area contributed by atoms with Crippen molar-refractivity contribution in [2.45, 2.75) is 13.5 Å². The van der Waals surface area contributed by atoms with Gasteiger partial charge in [0.15, 0.2) is 0 Å². The summed E-state index contributed by atoms with van der Waals surface area (Å²) >= 11 is 6.09. The monoisotopic (exact) mass is 307 g/mol. The Balaban J connectivity index is 2.16. The number of carbonyl (C=O) groups is 1. The number of aromatic nitrogens is 3. The van der Waals surface area contributed by atoms with Crippen molar-refractivity contribution >= 4 is 23.3 Å². The summed E-state index contributed by atoms with van der Waals surface area (Å²) in [7, 11) is 3.58. The highest BCUT2D eigenvalue weighted by Crippen LogP contribution is 2.20. The van der Waals surface area contributed by atoms with Gasteiger partial charge in [0.25, 0.3) is 5.91 Å². The van der Waals surface area contributed by atoms with Crippen LogP contribution in [0.15, 0.2) is 24.7 Å². The van der Waals surface area contributed by atoms with Crippen LogP contribution in [0.2, 0.25) is 5.02 Å². The lowest BCUT2D eigenvalue weighted by Gasteiger charge is -2.17. The summed E-state index contributed by atoms with van der Waals surface area (Å²) in [5.74, 6) is 0.491. The lowest BCUT2D eigenvalue weighted by Crippen LogP contribution is -2.26. The molecule has 2 rings (SSSR count). The third-order valence-corrected chi connectivity index (χ3v) is 3.27. The second-order valence-corrected chi connectivity index (χ2v) is 5.17. The maximum Gasteiger partial charge on any atom is 0.255 e. The number of carbonyl (C=O) groups excluding carboxylic acids is 1. The molecule has 0 spiro atoms. The van der Waals surface area contributed by atoms with E-state index in [-0.39, 0.29) is 5.91 Å². The Labute approximate surface area is 128 Å². The van der Waals surface area contributed by atoms with Crippen molar-refractivity contribution in [3.05, 3.63) is 40.8 Å². The van der Waals surface area contributed by atoms with Gasteiger partial charge in [-0.3, -0.25) is 9.48 Å². The van der Waals surface area contributed by atoms with E-state index in [1.807, 2.05) is 20.2 Å². The molecule has 0 atom stereocenters. The van der Waals surface area contributed by atoms with Crippen molar-refractivity contribution in [1.82, 2.24) is 19.7 Å². The standard InChI is InChI=1S/C14H18ClN5O/c1-4-16-13-5-11(12(15)7-17-13)14(21)19(2)8-10-6-18-20(3)9-10/h5-7,9H,4,8H2,1-3H3,(H,16,17). The first-order valence-corrected chi connectivity index (χ1v) is 7.01. The molecule has 0 aromatic carbocycles. The maximum atomic E-state index is 12.5. The average molecular weight is 308 g/mol. The molecular formula is C14H18ClN5O. The third kappa shape index (κ3) is 3.72. The zero-order valence-corrected chi connectivity index (χ0v) is 13.1. The minimum atomic E-state index is -0.148. The van der Waals surface area contributed by atoms with Crippen LogP contribution in [0.1, 0.15) is 22.8 Å². The van der Waals surface area contributed by atoms with Gasteiger partial charge in [-0.25, -0.2) is 4.98 Å². The zero-order chi connectivity index (χ0) is 15.4. The first kappa shape index (κ1) is 15.3. The van der Waals surface area contributed by atoms with E-state index in [0.29, 0.717) is 22.9 Å². The van der Waals surface area contributed by atoms with E-state index < -0.39 is 0 Å². The first-order chi connectivity index (χ1) is 10.0. The van der Waals surface area contributed by atoms with Crippen LogP contribution >= 0.6 is 11.6 Å². The van der Waals surface area contributed by atoms with Gasteiger partial charge in [-0.1, -0.05) is 11.6 Å². The SMILES string of the molecule is CCNc1cc(C(=O)N(C)Cc2cnn(C)c2)c(Cl)cn1. The number of hydrogen-bond donors (Lipinski definition) is 1. The normalized spacial score (nSPS) is 10.5. The Kier molecular flexibility index (Phi) is 4.80. The smallest absolute Gasteiger partial charge is 0.255 e. The van der Waals surface area contributed by atoms with Gasteiger partial charge in [-0.15, -0.1) is 0 Å². The minimum Gasteiger partial charge on any atom is -0.370 e. The highest BCUT2D eigenvalue weighted by atomic mass is 35.5. The van der Waals surface area contributed by atoms with E-state index in [0.717, 1.165) is 12.1 Å². The largest absolute Gasteiger partial charge is 0.370 e. The van der Waals surface area contributed by atoms with Crippen molar-refractivity contribution in [3.8, 4) is 0 Å². The van der Waals surface area contributed by atoms with Crippen LogP contribution in [-0.4, -0.2) is 39.2 Å². The van der Waals surface area contributed by atoms with Crippen molar-refractivity contribution in [2.24, 2.45) is 7.05 Å². The number of hydrogen-bond acceptors (Lipinski definition) is 4. The van der Waals surface area contributed by atoms with Crippen molar-refractivity contribution < 1.29 is 4.79 Å². The molecule has 0 unspecified atom stereocenters. The molecule has 0 aliphatic rings. The molecule has 7 heteroatoms. The Hall–Kier alpha value is -2.08. The molecule has 0 saturated heterocycles. The summed E-state index contributed by atoms with van der Waals surface area (Å²) in [6, 6.07) is 1.67. The van der Waals surface area contributed by atoms with E-state index in [1.54, 1.807) is 28.9 Å². The average Bonchev–Trinajstić information content (AvgIpc) is 2.85. The van der Waals surface area contributed by atoms with Crippen LogP contribution < -0.4 is 5.32 Å². The summed E-state index contributed by atoms with van der Waals surface area (Å²) in [4.78, 5) is 18.2. The summed E-state index contributed by atoms with van der Waals surface area (Å²) in [5.41, 5.74) is 1.40. The fourth-order valence-electron chi connectivity index (χ4n) is 1.99. The molecule has 2 heterocycles. The summed E-state index contributed by atoms with van der Waals surface area (Å²) in [6.07, 6.45) is 5.11. The fourth-order valence-corrected chi connectivity index (χ4v) is 2.17. The Bertz CT molecular complexity index is 640. The van der Waals surface area contributed by atoms with Crippen LogP contribution in [0.4, 0.5) is 5.82 Å². The molecule has 0 saturated carbocycles. The number of halogens is 1. The molecule has 0 bridgehead atoms. The number of nitrogens with zero attached hydrogens (tertiary/aromatic N) is 4.